The number of nitrogens with two attached hydrogens (primary N) is 1. The van der Waals surface area contributed by atoms with Gasteiger partial charge in [-0.15, -0.1) is 0 Å². The first-order valence-electron chi connectivity index (χ1n) is 4.48. The zero-order chi connectivity index (χ0) is 11.0. The molecule has 2 rings (SSSR count). The molecule has 0 saturated carbocycles. The second kappa shape index (κ2) is 3.75. The van der Waals surface area contributed by atoms with E-state index in [1.165, 1.54) is 5.56 Å². The molecular formula is C10H11N3S2. The Kier molecular flexibility index (Phi) is 2.58. The molecule has 1 aromatic carbocycles. The summed E-state index contributed by atoms with van der Waals surface area (Å²) in [5.41, 5.74) is 7.77. The molecule has 5 heteroatoms. The highest BCUT2D eigenvalue weighted by Crippen LogP contribution is 2.28. The van der Waals surface area contributed by atoms with Gasteiger partial charge in [0.2, 0.25) is 0 Å². The molecule has 2 N–H and O–H groups in total. The van der Waals surface area contributed by atoms with Gasteiger partial charge in [-0.1, -0.05) is 17.4 Å². The highest BCUT2D eigenvalue weighted by Gasteiger charge is 2.09. The number of aryl methyl sites for hydroxylation is 1. The lowest BCUT2D eigenvalue weighted by atomic mass is 10.2. The summed E-state index contributed by atoms with van der Waals surface area (Å²) in [7, 11) is 1.83. The Bertz CT molecular complexity index is 518. The largest absolute Gasteiger partial charge is 0.376 e. The standard InChI is InChI=1S/C10H11N3S2/c1-6-3-4-7-8(5-6)15-10(12-7)13(2)9(11)14/h3-5H,1-2H3,(H2,11,14). The molecule has 0 saturated heterocycles. The summed E-state index contributed by atoms with van der Waals surface area (Å²) in [4.78, 5) is 6.17. The van der Waals surface area contributed by atoms with Gasteiger partial charge in [0.05, 0.1) is 10.2 Å². The summed E-state index contributed by atoms with van der Waals surface area (Å²) in [5.74, 6) is 0. The van der Waals surface area contributed by atoms with Crippen LogP contribution in [0.3, 0.4) is 0 Å². The lowest BCUT2D eigenvalue weighted by Gasteiger charge is -2.11. The van der Waals surface area contributed by atoms with Crippen LogP contribution < -0.4 is 10.6 Å². The Morgan fingerprint density at radius 1 is 1.53 bits per heavy atom. The summed E-state index contributed by atoms with van der Waals surface area (Å²) < 4.78 is 1.16. The van der Waals surface area contributed by atoms with Crippen LogP contribution >= 0.6 is 23.6 Å². The second-order valence-electron chi connectivity index (χ2n) is 3.36. The number of hydrogen-bond acceptors (Lipinski definition) is 3. The third-order valence-electron chi connectivity index (χ3n) is 2.15. The Morgan fingerprint density at radius 2 is 2.27 bits per heavy atom. The van der Waals surface area contributed by atoms with E-state index in [1.807, 2.05) is 19.2 Å². The Hall–Kier alpha value is -1.20. The first-order valence-corrected chi connectivity index (χ1v) is 5.71. The molecule has 0 amide bonds. The van der Waals surface area contributed by atoms with Gasteiger partial charge in [-0.3, -0.25) is 4.90 Å². The van der Waals surface area contributed by atoms with Crippen LogP contribution in [0.2, 0.25) is 0 Å². The highest BCUT2D eigenvalue weighted by atomic mass is 32.1. The number of thiazole rings is 1. The summed E-state index contributed by atoms with van der Waals surface area (Å²) in [6, 6.07) is 6.18. The van der Waals surface area contributed by atoms with E-state index in [2.05, 4.69) is 18.0 Å². The van der Waals surface area contributed by atoms with Crippen molar-refractivity contribution in [3.8, 4) is 0 Å². The molecule has 0 fully saturated rings. The van der Waals surface area contributed by atoms with Gasteiger partial charge in [0.25, 0.3) is 0 Å². The first-order chi connectivity index (χ1) is 7.08. The number of thiocarbonyl (C=S) groups is 1. The second-order valence-corrected chi connectivity index (χ2v) is 4.79. The predicted octanol–water partition coefficient (Wildman–Crippen LogP) is 2.28. The Balaban J connectivity index is 2.51. The lowest BCUT2D eigenvalue weighted by Crippen LogP contribution is -2.31. The van der Waals surface area contributed by atoms with Gasteiger partial charge >= 0.3 is 0 Å². The third-order valence-corrected chi connectivity index (χ3v) is 3.52. The third kappa shape index (κ3) is 1.93. The van der Waals surface area contributed by atoms with Crippen LogP contribution in [0, 0.1) is 6.92 Å². The van der Waals surface area contributed by atoms with Gasteiger partial charge in [-0.25, -0.2) is 4.98 Å². The maximum Gasteiger partial charge on any atom is 0.192 e. The minimum Gasteiger partial charge on any atom is -0.376 e. The van der Waals surface area contributed by atoms with Crippen molar-refractivity contribution in [1.82, 2.24) is 4.98 Å². The molecule has 15 heavy (non-hydrogen) atoms. The van der Waals surface area contributed by atoms with Gasteiger partial charge in [-0.05, 0) is 36.8 Å². The van der Waals surface area contributed by atoms with Crippen molar-refractivity contribution >= 4 is 44.0 Å². The number of aromatic nitrogens is 1. The topological polar surface area (TPSA) is 42.2 Å². The molecule has 1 aromatic heterocycles. The molecule has 0 aliphatic heterocycles. The van der Waals surface area contributed by atoms with Crippen LogP contribution in [0.1, 0.15) is 5.56 Å². The molecule has 0 aliphatic rings. The average Bonchev–Trinajstić information content (AvgIpc) is 2.58. The van der Waals surface area contributed by atoms with Crippen LogP contribution in [0.25, 0.3) is 10.2 Å². The van der Waals surface area contributed by atoms with Gasteiger partial charge < -0.3 is 5.73 Å². The summed E-state index contributed by atoms with van der Waals surface area (Å²) in [5, 5.41) is 1.17. The first kappa shape index (κ1) is 10.3. The Labute approximate surface area is 97.5 Å². The zero-order valence-corrected chi connectivity index (χ0v) is 10.2. The smallest absolute Gasteiger partial charge is 0.192 e. The van der Waals surface area contributed by atoms with E-state index >= 15 is 0 Å². The number of anilines is 1. The minimum atomic E-state index is 0.339. The maximum absolute atomic E-state index is 5.54. The van der Waals surface area contributed by atoms with E-state index in [4.69, 9.17) is 18.0 Å². The minimum absolute atomic E-state index is 0.339. The number of nitrogens with zero attached hydrogens (tertiary/aromatic N) is 2. The van der Waals surface area contributed by atoms with Crippen molar-refractivity contribution in [3.05, 3.63) is 23.8 Å². The zero-order valence-electron chi connectivity index (χ0n) is 8.52. The van der Waals surface area contributed by atoms with Crippen LogP contribution in [0.5, 0.6) is 0 Å². The molecular weight excluding hydrogens is 226 g/mol. The van der Waals surface area contributed by atoms with E-state index in [0.717, 1.165) is 15.3 Å². The van der Waals surface area contributed by atoms with Gasteiger partial charge in [0, 0.05) is 7.05 Å². The molecule has 0 bridgehead atoms. The fourth-order valence-corrected chi connectivity index (χ4v) is 2.44. The molecule has 78 valence electrons. The van der Waals surface area contributed by atoms with Crippen LogP contribution in [0.4, 0.5) is 5.13 Å². The van der Waals surface area contributed by atoms with Crippen molar-refractivity contribution in [1.29, 1.82) is 0 Å². The SMILES string of the molecule is Cc1ccc2nc(N(C)C(N)=S)sc2c1. The van der Waals surface area contributed by atoms with Gasteiger partial charge in [0.1, 0.15) is 0 Å². The summed E-state index contributed by atoms with van der Waals surface area (Å²) in [6.07, 6.45) is 0. The average molecular weight is 237 g/mol. The number of rotatable bonds is 1. The molecule has 0 aliphatic carbocycles. The maximum atomic E-state index is 5.54. The lowest BCUT2D eigenvalue weighted by molar-refractivity contribution is 1.23. The van der Waals surface area contributed by atoms with Crippen molar-refractivity contribution in [3.63, 3.8) is 0 Å². The predicted molar refractivity (Wildman–Crippen MR) is 69.5 cm³/mol. The molecule has 2 aromatic rings. The molecule has 0 spiro atoms. The van der Waals surface area contributed by atoms with E-state index < -0.39 is 0 Å². The monoisotopic (exact) mass is 237 g/mol. The quantitative estimate of drug-likeness (QED) is 0.773. The summed E-state index contributed by atoms with van der Waals surface area (Å²) in [6.45, 7) is 2.07. The van der Waals surface area contributed by atoms with Crippen molar-refractivity contribution < 1.29 is 0 Å². The van der Waals surface area contributed by atoms with Gasteiger partial charge in [0.15, 0.2) is 10.2 Å². The van der Waals surface area contributed by atoms with Crippen molar-refractivity contribution in [2.45, 2.75) is 6.92 Å². The molecule has 3 nitrogen and oxygen atoms in total. The van der Waals surface area contributed by atoms with Crippen LogP contribution in [-0.2, 0) is 0 Å². The van der Waals surface area contributed by atoms with E-state index in [1.54, 1.807) is 16.2 Å². The van der Waals surface area contributed by atoms with E-state index in [0.29, 0.717) is 5.11 Å². The molecule has 0 unspecified atom stereocenters. The van der Waals surface area contributed by atoms with Gasteiger partial charge in [-0.2, -0.15) is 0 Å². The molecule has 0 radical (unpaired) electrons. The number of fused-ring (bicyclic) bond motifs is 1. The number of hydrogen-bond donors (Lipinski definition) is 1. The van der Waals surface area contributed by atoms with Crippen molar-refractivity contribution in [2.24, 2.45) is 5.73 Å². The molecule has 1 heterocycles. The van der Waals surface area contributed by atoms with Crippen LogP contribution in [0.15, 0.2) is 18.2 Å². The van der Waals surface area contributed by atoms with Crippen LogP contribution in [-0.4, -0.2) is 17.1 Å². The normalized spacial score (nSPS) is 10.5. The Morgan fingerprint density at radius 3 is 2.93 bits per heavy atom. The summed E-state index contributed by atoms with van der Waals surface area (Å²) >= 11 is 6.50. The highest BCUT2D eigenvalue weighted by molar-refractivity contribution is 7.80. The molecule has 0 atom stereocenters. The fourth-order valence-electron chi connectivity index (χ4n) is 1.26. The number of benzene rings is 1. The van der Waals surface area contributed by atoms with Crippen molar-refractivity contribution in [2.75, 3.05) is 11.9 Å². The van der Waals surface area contributed by atoms with E-state index in [-0.39, 0.29) is 0 Å². The fraction of sp³-hybridized carbons (Fsp3) is 0.200. The van der Waals surface area contributed by atoms with E-state index in [9.17, 15) is 0 Å².